The Kier molecular flexibility index (Phi) is 12.3. The molecule has 3 heterocycles. The zero-order valence-electron chi connectivity index (χ0n) is 22.6. The molecule has 0 spiro atoms. The fraction of sp³-hybridized carbons (Fsp3) is 0.481. The Labute approximate surface area is 245 Å². The molecule has 1 aromatic carbocycles. The van der Waals surface area contributed by atoms with Crippen molar-refractivity contribution in [2.75, 3.05) is 46.9 Å². The number of alkyl halides is 1. The van der Waals surface area contributed by atoms with Crippen LogP contribution in [0.1, 0.15) is 36.4 Å². The van der Waals surface area contributed by atoms with E-state index in [1.807, 2.05) is 22.2 Å². The molecule has 3 atom stereocenters. The molecule has 4 rings (SSSR count). The average Bonchev–Trinajstić information content (AvgIpc) is 3.47. The van der Waals surface area contributed by atoms with Gasteiger partial charge in [-0.25, -0.2) is 18.6 Å². The number of likely N-dealkylation sites (N-methyl/N-ethyl adjacent to an activating group) is 1. The van der Waals surface area contributed by atoms with Gasteiger partial charge in [0.05, 0.1) is 18.7 Å². The molecule has 1 saturated heterocycles. The molecule has 40 heavy (non-hydrogen) atoms. The summed E-state index contributed by atoms with van der Waals surface area (Å²) in [6.45, 7) is 3.15. The molecule has 0 radical (unpaired) electrons. The van der Waals surface area contributed by atoms with Gasteiger partial charge in [0.15, 0.2) is 10.8 Å². The van der Waals surface area contributed by atoms with E-state index in [1.165, 1.54) is 23.5 Å². The van der Waals surface area contributed by atoms with Crippen LogP contribution in [0.4, 0.5) is 8.78 Å². The third-order valence-corrected chi connectivity index (χ3v) is 8.01. The number of aliphatic imine (C=N–C) groups is 1. The summed E-state index contributed by atoms with van der Waals surface area (Å²) in [5.74, 6) is -0.514. The summed E-state index contributed by atoms with van der Waals surface area (Å²) in [5, 5.41) is 12.7. The van der Waals surface area contributed by atoms with Gasteiger partial charge in [0.2, 0.25) is 0 Å². The quantitative estimate of drug-likeness (QED) is 0.300. The first kappa shape index (κ1) is 31.9. The van der Waals surface area contributed by atoms with E-state index in [2.05, 4.69) is 26.2 Å². The molecule has 9 nitrogen and oxygen atoms in total. The predicted octanol–water partition coefficient (Wildman–Crippen LogP) is 3.49. The van der Waals surface area contributed by atoms with Crippen molar-refractivity contribution in [3.8, 4) is 0 Å². The molecule has 0 bridgehead atoms. The van der Waals surface area contributed by atoms with E-state index in [0.29, 0.717) is 46.0 Å². The van der Waals surface area contributed by atoms with Crippen LogP contribution in [0.2, 0.25) is 0 Å². The van der Waals surface area contributed by atoms with Crippen LogP contribution in [0.5, 0.6) is 0 Å². The fourth-order valence-electron chi connectivity index (χ4n) is 4.78. The van der Waals surface area contributed by atoms with Gasteiger partial charge in [-0.1, -0.05) is 22.0 Å². The highest BCUT2D eigenvalue weighted by molar-refractivity contribution is 9.10. The number of esters is 1. The number of ether oxygens (including phenoxy) is 1. The molecule has 1 fully saturated rings. The number of hydrogen-bond donors (Lipinski definition) is 2. The van der Waals surface area contributed by atoms with E-state index in [4.69, 9.17) is 14.8 Å². The molecule has 0 amide bonds. The summed E-state index contributed by atoms with van der Waals surface area (Å²) in [4.78, 5) is 37.5. The van der Waals surface area contributed by atoms with Crippen molar-refractivity contribution in [2.24, 2.45) is 4.99 Å². The lowest BCUT2D eigenvalue weighted by Gasteiger charge is -2.40. The second-order valence-electron chi connectivity index (χ2n) is 9.27. The minimum atomic E-state index is -1.01. The largest absolute Gasteiger partial charge is 0.463 e. The molecule has 218 valence electrons. The number of carbonyl (C=O) groups excluding carboxylic acids is 2. The van der Waals surface area contributed by atoms with E-state index >= 15 is 0 Å². The van der Waals surface area contributed by atoms with Crippen LogP contribution in [0.3, 0.4) is 0 Å². The Morgan fingerprint density at radius 1 is 1.38 bits per heavy atom. The predicted molar refractivity (Wildman–Crippen MR) is 153 cm³/mol. The van der Waals surface area contributed by atoms with Crippen molar-refractivity contribution in [3.63, 3.8) is 0 Å². The second-order valence-corrected chi connectivity index (χ2v) is 11.0. The molecule has 0 saturated carbocycles. The molecule has 1 aromatic heterocycles. The van der Waals surface area contributed by atoms with E-state index in [1.54, 1.807) is 19.2 Å². The van der Waals surface area contributed by atoms with E-state index < -0.39 is 24.0 Å². The van der Waals surface area contributed by atoms with Gasteiger partial charge in [-0.3, -0.25) is 14.8 Å². The van der Waals surface area contributed by atoms with Crippen LogP contribution < -0.4 is 5.32 Å². The van der Waals surface area contributed by atoms with Gasteiger partial charge < -0.3 is 20.0 Å². The van der Waals surface area contributed by atoms with Crippen LogP contribution >= 0.6 is 27.3 Å². The lowest BCUT2D eigenvalue weighted by Crippen LogP contribution is -2.51. The summed E-state index contributed by atoms with van der Waals surface area (Å²) in [7, 11) is 2.85. The molecule has 2 unspecified atom stereocenters. The number of halogens is 3. The number of benzene rings is 1. The van der Waals surface area contributed by atoms with Gasteiger partial charge in [-0.05, 0) is 44.5 Å². The Morgan fingerprint density at radius 3 is 2.80 bits per heavy atom. The first-order valence-corrected chi connectivity index (χ1v) is 14.5. The number of nitrogens with one attached hydrogen (secondary N) is 1. The molecule has 13 heteroatoms. The highest BCUT2D eigenvalue weighted by atomic mass is 79.9. The maximum Gasteiger partial charge on any atom is 0.338 e. The number of piperidine rings is 1. The smallest absolute Gasteiger partial charge is 0.338 e. The number of thiazole rings is 1. The summed E-state index contributed by atoms with van der Waals surface area (Å²) in [6, 6.07) is 3.41. The average molecular weight is 643 g/mol. The van der Waals surface area contributed by atoms with Crippen molar-refractivity contribution in [3.05, 3.63) is 61.9 Å². The summed E-state index contributed by atoms with van der Waals surface area (Å²) < 4.78 is 34.5. The van der Waals surface area contributed by atoms with Crippen molar-refractivity contribution >= 4 is 45.4 Å². The number of amidine groups is 1. The number of nitrogens with zero attached hydrogens (tertiary/aromatic N) is 4. The van der Waals surface area contributed by atoms with Crippen molar-refractivity contribution < 1.29 is 28.2 Å². The maximum atomic E-state index is 14.6. The first-order chi connectivity index (χ1) is 19.3. The molecular weight excluding hydrogens is 608 g/mol. The maximum absolute atomic E-state index is 14.6. The normalized spacial score (nSPS) is 21.3. The summed E-state index contributed by atoms with van der Waals surface area (Å²) in [5.41, 5.74) is 1.40. The third-order valence-electron chi connectivity index (χ3n) is 6.55. The SMILES string of the molecule is CCOC(=O)C1=C(CN2CC(F)CCC2CN(C)CC=O)NC(c2nccs2)=N[C@H]1c1ccc(F)cc1Br.CO. The highest BCUT2D eigenvalue weighted by Gasteiger charge is 2.37. The van der Waals surface area contributed by atoms with Crippen LogP contribution in [-0.2, 0) is 14.3 Å². The standard InChI is InChI=1S/C26H30BrF2N5O3S.CH4O/c1-3-37-26(36)22-21(15-34-13-17(29)4-6-18(34)14-33(2)9-10-35)31-24(25-30-8-11-38-25)32-23(22)19-7-5-16(28)12-20(19)27;1-2/h5,7-8,10-12,17-18,23H,3-4,6,9,13-15H2,1-2H3,(H,31,32);2H,1H3/t17?,18?,23-;/m0./s1. The fourth-order valence-corrected chi connectivity index (χ4v) is 5.94. The van der Waals surface area contributed by atoms with Crippen molar-refractivity contribution in [1.29, 1.82) is 0 Å². The van der Waals surface area contributed by atoms with Crippen molar-refractivity contribution in [2.45, 2.75) is 38.0 Å². The number of hydrogen-bond acceptors (Lipinski definition) is 10. The molecule has 2 N–H and O–H groups in total. The number of aliphatic hydroxyl groups excluding tert-OH is 1. The first-order valence-electron chi connectivity index (χ1n) is 12.9. The van der Waals surface area contributed by atoms with E-state index in [0.717, 1.165) is 13.4 Å². The van der Waals surface area contributed by atoms with Crippen LogP contribution in [-0.4, -0.2) is 97.1 Å². The summed E-state index contributed by atoms with van der Waals surface area (Å²) >= 11 is 4.82. The van der Waals surface area contributed by atoms with E-state index in [9.17, 15) is 18.4 Å². The molecular formula is C27H34BrF2N5O4S. The Hall–Kier alpha value is -2.58. The summed E-state index contributed by atoms with van der Waals surface area (Å²) in [6.07, 6.45) is 2.55. The highest BCUT2D eigenvalue weighted by Crippen LogP contribution is 2.37. The lowest BCUT2D eigenvalue weighted by atomic mass is 9.94. The minimum Gasteiger partial charge on any atom is -0.463 e. The van der Waals surface area contributed by atoms with E-state index in [-0.39, 0.29) is 37.9 Å². The number of likely N-dealkylation sites (tertiary alicyclic amines) is 1. The number of rotatable bonds is 10. The van der Waals surface area contributed by atoms with Crippen molar-refractivity contribution in [1.82, 2.24) is 20.1 Å². The van der Waals surface area contributed by atoms with Crippen LogP contribution in [0, 0.1) is 5.82 Å². The second kappa shape index (κ2) is 15.4. The molecule has 0 aliphatic carbocycles. The van der Waals surface area contributed by atoms with Gasteiger partial charge in [0.1, 0.15) is 24.3 Å². The number of aromatic nitrogens is 1. The van der Waals surface area contributed by atoms with Crippen LogP contribution in [0.15, 0.2) is 50.5 Å². The molecule has 2 aliphatic rings. The Balaban J connectivity index is 0.00000216. The number of aldehydes is 1. The zero-order chi connectivity index (χ0) is 29.2. The van der Waals surface area contributed by atoms with Gasteiger partial charge in [0.25, 0.3) is 0 Å². The molecule has 2 aliphatic heterocycles. The van der Waals surface area contributed by atoms with Crippen LogP contribution in [0.25, 0.3) is 0 Å². The molecule has 2 aromatic rings. The number of aliphatic hydroxyl groups is 1. The third kappa shape index (κ3) is 8.00. The van der Waals surface area contributed by atoms with Gasteiger partial charge in [-0.2, -0.15) is 0 Å². The number of carbonyl (C=O) groups is 2. The Bertz CT molecular complexity index is 1210. The zero-order valence-corrected chi connectivity index (χ0v) is 25.1. The van der Waals surface area contributed by atoms with Gasteiger partial charge >= 0.3 is 5.97 Å². The topological polar surface area (TPSA) is 107 Å². The minimum absolute atomic E-state index is 0.0251. The van der Waals surface area contributed by atoms with Gasteiger partial charge in [-0.15, -0.1) is 11.3 Å². The lowest BCUT2D eigenvalue weighted by molar-refractivity contribution is -0.139. The monoisotopic (exact) mass is 641 g/mol. The Morgan fingerprint density at radius 2 is 2.15 bits per heavy atom. The van der Waals surface area contributed by atoms with Gasteiger partial charge in [0, 0.05) is 54.5 Å².